The van der Waals surface area contributed by atoms with Gasteiger partial charge >= 0.3 is 6.18 Å². The molecular weight excluding hydrogens is 299 g/mol. The predicted molar refractivity (Wildman–Crippen MR) is 76.1 cm³/mol. The van der Waals surface area contributed by atoms with E-state index in [-0.39, 0.29) is 0 Å². The molecule has 0 fully saturated rings. The quantitative estimate of drug-likeness (QED) is 0.840. The number of rotatable bonds is 7. The van der Waals surface area contributed by atoms with Gasteiger partial charge in [0.1, 0.15) is 0 Å². The van der Waals surface area contributed by atoms with Crippen molar-refractivity contribution < 1.29 is 27.4 Å². The SMILES string of the molecule is COc1ccc(CC(C)C(=O)NCCC(F)(F)F)cc1OC. The monoisotopic (exact) mass is 319 g/mol. The standard InChI is InChI=1S/C15H20F3NO3/c1-10(14(20)19-7-6-15(16,17)18)8-11-4-5-12(21-2)13(9-11)22-3/h4-5,9-10H,6-8H2,1-3H3,(H,19,20). The topological polar surface area (TPSA) is 47.6 Å². The van der Waals surface area contributed by atoms with Crippen LogP contribution >= 0.6 is 0 Å². The average molecular weight is 319 g/mol. The average Bonchev–Trinajstić information content (AvgIpc) is 2.45. The third-order valence-corrected chi connectivity index (χ3v) is 3.15. The number of amides is 1. The van der Waals surface area contributed by atoms with Gasteiger partial charge in [-0.1, -0.05) is 13.0 Å². The number of ether oxygens (including phenoxy) is 2. The second kappa shape index (κ2) is 7.91. The van der Waals surface area contributed by atoms with Crippen LogP contribution in [0.3, 0.4) is 0 Å². The molecule has 1 aromatic rings. The highest BCUT2D eigenvalue weighted by molar-refractivity contribution is 5.78. The molecule has 0 aromatic heterocycles. The highest BCUT2D eigenvalue weighted by Gasteiger charge is 2.27. The molecule has 0 heterocycles. The molecule has 1 rings (SSSR count). The Morgan fingerprint density at radius 2 is 1.86 bits per heavy atom. The number of carbonyl (C=O) groups excluding carboxylic acids is 1. The van der Waals surface area contributed by atoms with Crippen molar-refractivity contribution in [2.75, 3.05) is 20.8 Å². The fourth-order valence-electron chi connectivity index (χ4n) is 1.96. The second-order valence-electron chi connectivity index (χ2n) is 4.95. The van der Waals surface area contributed by atoms with Crippen LogP contribution in [0.4, 0.5) is 13.2 Å². The molecule has 7 heteroatoms. The Labute approximate surface area is 127 Å². The summed E-state index contributed by atoms with van der Waals surface area (Å²) in [5.74, 6) is 0.281. The minimum atomic E-state index is -4.26. The van der Waals surface area contributed by atoms with Gasteiger partial charge in [0.25, 0.3) is 0 Å². The molecule has 0 aliphatic rings. The third kappa shape index (κ3) is 5.83. The maximum atomic E-state index is 12.0. The van der Waals surface area contributed by atoms with Gasteiger partial charge in [-0.05, 0) is 24.1 Å². The van der Waals surface area contributed by atoms with Crippen molar-refractivity contribution in [1.82, 2.24) is 5.32 Å². The predicted octanol–water partition coefficient (Wildman–Crippen LogP) is 2.95. The molecule has 4 nitrogen and oxygen atoms in total. The minimum Gasteiger partial charge on any atom is -0.493 e. The van der Waals surface area contributed by atoms with Crippen LogP contribution in [0.25, 0.3) is 0 Å². The summed E-state index contributed by atoms with van der Waals surface area (Å²) in [5, 5.41) is 2.30. The van der Waals surface area contributed by atoms with Crippen LogP contribution in [0.5, 0.6) is 11.5 Å². The summed E-state index contributed by atoms with van der Waals surface area (Å²) < 4.78 is 46.4. The molecule has 1 amide bonds. The van der Waals surface area contributed by atoms with Crippen molar-refractivity contribution in [3.05, 3.63) is 23.8 Å². The summed E-state index contributed by atoms with van der Waals surface area (Å²) in [6.07, 6.45) is -4.89. The lowest BCUT2D eigenvalue weighted by Crippen LogP contribution is -2.33. The minimum absolute atomic E-state index is 0.401. The normalized spacial score (nSPS) is 12.6. The van der Waals surface area contributed by atoms with Gasteiger partial charge in [0.2, 0.25) is 5.91 Å². The van der Waals surface area contributed by atoms with Crippen molar-refractivity contribution >= 4 is 5.91 Å². The van der Waals surface area contributed by atoms with Crippen LogP contribution < -0.4 is 14.8 Å². The number of alkyl halides is 3. The molecule has 0 saturated carbocycles. The smallest absolute Gasteiger partial charge is 0.390 e. The zero-order valence-corrected chi connectivity index (χ0v) is 12.8. The molecule has 1 unspecified atom stereocenters. The van der Waals surface area contributed by atoms with E-state index in [1.54, 1.807) is 25.1 Å². The van der Waals surface area contributed by atoms with Crippen molar-refractivity contribution in [2.45, 2.75) is 25.9 Å². The number of nitrogens with one attached hydrogen (secondary N) is 1. The Balaban J connectivity index is 2.57. The molecule has 1 aromatic carbocycles. The van der Waals surface area contributed by atoms with Gasteiger partial charge in [0.15, 0.2) is 11.5 Å². The summed E-state index contributed by atoms with van der Waals surface area (Å²) >= 11 is 0. The molecule has 1 atom stereocenters. The van der Waals surface area contributed by atoms with Gasteiger partial charge in [-0.3, -0.25) is 4.79 Å². The largest absolute Gasteiger partial charge is 0.493 e. The van der Waals surface area contributed by atoms with Crippen LogP contribution in [0, 0.1) is 5.92 Å². The zero-order valence-electron chi connectivity index (χ0n) is 12.8. The van der Waals surface area contributed by atoms with Gasteiger partial charge in [-0.2, -0.15) is 13.2 Å². The molecule has 0 radical (unpaired) electrons. The first kappa shape index (κ1) is 18.1. The maximum absolute atomic E-state index is 12.0. The zero-order chi connectivity index (χ0) is 16.8. The Kier molecular flexibility index (Phi) is 6.52. The summed E-state index contributed by atoms with van der Waals surface area (Å²) in [6, 6.07) is 5.27. The summed E-state index contributed by atoms with van der Waals surface area (Å²) in [7, 11) is 3.03. The molecular formula is C15H20F3NO3. The van der Waals surface area contributed by atoms with E-state index in [4.69, 9.17) is 9.47 Å². The fraction of sp³-hybridized carbons (Fsp3) is 0.533. The van der Waals surface area contributed by atoms with E-state index in [0.29, 0.717) is 17.9 Å². The second-order valence-corrected chi connectivity index (χ2v) is 4.95. The van der Waals surface area contributed by atoms with Crippen molar-refractivity contribution in [2.24, 2.45) is 5.92 Å². The van der Waals surface area contributed by atoms with E-state index < -0.39 is 31.0 Å². The first-order valence-electron chi connectivity index (χ1n) is 6.82. The Morgan fingerprint density at radius 1 is 1.23 bits per heavy atom. The molecule has 0 aliphatic heterocycles. The van der Waals surface area contributed by atoms with Crippen LogP contribution in [-0.2, 0) is 11.2 Å². The van der Waals surface area contributed by atoms with E-state index >= 15 is 0 Å². The molecule has 124 valence electrons. The van der Waals surface area contributed by atoms with Gasteiger partial charge < -0.3 is 14.8 Å². The number of benzene rings is 1. The van der Waals surface area contributed by atoms with E-state index in [1.807, 2.05) is 0 Å². The lowest BCUT2D eigenvalue weighted by Gasteiger charge is -2.14. The van der Waals surface area contributed by atoms with Crippen molar-refractivity contribution in [1.29, 1.82) is 0 Å². The number of hydrogen-bond donors (Lipinski definition) is 1. The Bertz CT molecular complexity index is 503. The fourth-order valence-corrected chi connectivity index (χ4v) is 1.96. The maximum Gasteiger partial charge on any atom is 0.390 e. The molecule has 0 saturated heterocycles. The third-order valence-electron chi connectivity index (χ3n) is 3.15. The molecule has 22 heavy (non-hydrogen) atoms. The van der Waals surface area contributed by atoms with E-state index in [0.717, 1.165) is 5.56 Å². The first-order valence-corrected chi connectivity index (χ1v) is 6.82. The highest BCUT2D eigenvalue weighted by atomic mass is 19.4. The van der Waals surface area contributed by atoms with E-state index in [2.05, 4.69) is 5.32 Å². The molecule has 0 aliphatic carbocycles. The molecule has 0 bridgehead atoms. The summed E-state index contributed by atoms with van der Waals surface area (Å²) in [6.45, 7) is 1.26. The van der Waals surface area contributed by atoms with Gasteiger partial charge in [0, 0.05) is 12.5 Å². The van der Waals surface area contributed by atoms with Crippen LogP contribution in [-0.4, -0.2) is 32.8 Å². The van der Waals surface area contributed by atoms with Crippen LogP contribution in [0.1, 0.15) is 18.9 Å². The number of methoxy groups -OCH3 is 2. The van der Waals surface area contributed by atoms with Crippen molar-refractivity contribution in [3.8, 4) is 11.5 Å². The lowest BCUT2D eigenvalue weighted by atomic mass is 10.00. The number of hydrogen-bond acceptors (Lipinski definition) is 3. The van der Waals surface area contributed by atoms with Gasteiger partial charge in [-0.15, -0.1) is 0 Å². The van der Waals surface area contributed by atoms with E-state index in [9.17, 15) is 18.0 Å². The number of carbonyl (C=O) groups is 1. The Morgan fingerprint density at radius 3 is 2.41 bits per heavy atom. The number of halogens is 3. The molecule has 1 N–H and O–H groups in total. The summed E-state index contributed by atoms with van der Waals surface area (Å²) in [4.78, 5) is 11.8. The Hall–Kier alpha value is -1.92. The van der Waals surface area contributed by atoms with Crippen LogP contribution in [0.15, 0.2) is 18.2 Å². The summed E-state index contributed by atoms with van der Waals surface area (Å²) in [5.41, 5.74) is 0.844. The van der Waals surface area contributed by atoms with Crippen molar-refractivity contribution in [3.63, 3.8) is 0 Å². The lowest BCUT2D eigenvalue weighted by molar-refractivity contribution is -0.136. The first-order chi connectivity index (χ1) is 10.3. The van der Waals surface area contributed by atoms with Crippen LogP contribution in [0.2, 0.25) is 0 Å². The van der Waals surface area contributed by atoms with Gasteiger partial charge in [0.05, 0.1) is 20.6 Å². The van der Waals surface area contributed by atoms with Gasteiger partial charge in [-0.25, -0.2) is 0 Å². The van der Waals surface area contributed by atoms with E-state index in [1.165, 1.54) is 14.2 Å². The molecule has 0 spiro atoms. The highest BCUT2D eigenvalue weighted by Crippen LogP contribution is 2.28.